The van der Waals surface area contributed by atoms with Gasteiger partial charge in [-0.2, -0.15) is 0 Å². The standard InChI is InChI=1S/C15H17NO2/c1-9-5-10(2)15(14(6-9)18-4)13-8-12(17)7-11(3)16-13/h5-8H,1-4H3,(H,16,17). The topological polar surface area (TPSA) is 42.1 Å². The summed E-state index contributed by atoms with van der Waals surface area (Å²) in [5.74, 6) is 0.786. The van der Waals surface area contributed by atoms with E-state index < -0.39 is 0 Å². The van der Waals surface area contributed by atoms with E-state index >= 15 is 0 Å². The van der Waals surface area contributed by atoms with E-state index in [-0.39, 0.29) is 5.43 Å². The normalized spacial score (nSPS) is 10.4. The highest BCUT2D eigenvalue weighted by atomic mass is 16.5. The molecule has 0 aliphatic rings. The lowest BCUT2D eigenvalue weighted by Gasteiger charge is -2.13. The number of methoxy groups -OCH3 is 1. The molecule has 3 nitrogen and oxygen atoms in total. The van der Waals surface area contributed by atoms with Crippen molar-refractivity contribution in [3.63, 3.8) is 0 Å². The Balaban J connectivity index is 2.73. The Morgan fingerprint density at radius 2 is 1.78 bits per heavy atom. The molecule has 0 unspecified atom stereocenters. The van der Waals surface area contributed by atoms with Gasteiger partial charge in [-0.05, 0) is 38.0 Å². The first kappa shape index (κ1) is 12.4. The third-order valence-electron chi connectivity index (χ3n) is 2.91. The lowest BCUT2D eigenvalue weighted by Crippen LogP contribution is -2.03. The highest BCUT2D eigenvalue weighted by molar-refractivity contribution is 5.71. The number of ether oxygens (including phenoxy) is 1. The molecule has 0 fully saturated rings. The average Bonchev–Trinajstić information content (AvgIpc) is 2.26. The number of rotatable bonds is 2. The van der Waals surface area contributed by atoms with Crippen molar-refractivity contribution >= 4 is 0 Å². The highest BCUT2D eigenvalue weighted by Crippen LogP contribution is 2.32. The second-order valence-electron chi connectivity index (χ2n) is 4.57. The summed E-state index contributed by atoms with van der Waals surface area (Å²) >= 11 is 0. The molecule has 0 aliphatic heterocycles. The summed E-state index contributed by atoms with van der Waals surface area (Å²) < 4.78 is 5.42. The molecule has 0 bridgehead atoms. The van der Waals surface area contributed by atoms with E-state index in [1.165, 1.54) is 0 Å². The molecule has 0 spiro atoms. The first-order valence-corrected chi connectivity index (χ1v) is 5.88. The summed E-state index contributed by atoms with van der Waals surface area (Å²) in [4.78, 5) is 14.8. The molecule has 0 amide bonds. The van der Waals surface area contributed by atoms with Gasteiger partial charge in [-0.25, -0.2) is 0 Å². The predicted octanol–water partition coefficient (Wildman–Crippen LogP) is 2.98. The van der Waals surface area contributed by atoms with Crippen molar-refractivity contribution in [1.29, 1.82) is 0 Å². The predicted molar refractivity (Wildman–Crippen MR) is 73.3 cm³/mol. The fourth-order valence-corrected chi connectivity index (χ4v) is 2.25. The number of nitrogens with one attached hydrogen (secondary N) is 1. The van der Waals surface area contributed by atoms with Gasteiger partial charge in [-0.1, -0.05) is 6.07 Å². The average molecular weight is 243 g/mol. The number of H-pyrrole nitrogens is 1. The summed E-state index contributed by atoms with van der Waals surface area (Å²) in [6, 6.07) is 7.24. The fraction of sp³-hybridized carbons (Fsp3) is 0.267. The number of hydrogen-bond donors (Lipinski definition) is 1. The molecule has 1 aromatic heterocycles. The van der Waals surface area contributed by atoms with E-state index in [1.54, 1.807) is 19.2 Å². The quantitative estimate of drug-likeness (QED) is 0.881. The van der Waals surface area contributed by atoms with E-state index in [9.17, 15) is 4.79 Å². The van der Waals surface area contributed by atoms with Gasteiger partial charge in [0.1, 0.15) is 5.75 Å². The highest BCUT2D eigenvalue weighted by Gasteiger charge is 2.11. The van der Waals surface area contributed by atoms with Crippen LogP contribution in [0.4, 0.5) is 0 Å². The molecule has 0 saturated heterocycles. The maximum atomic E-state index is 11.6. The second kappa shape index (κ2) is 4.69. The Morgan fingerprint density at radius 1 is 1.06 bits per heavy atom. The van der Waals surface area contributed by atoms with Gasteiger partial charge < -0.3 is 9.72 Å². The van der Waals surface area contributed by atoms with Crippen molar-refractivity contribution in [2.45, 2.75) is 20.8 Å². The zero-order valence-corrected chi connectivity index (χ0v) is 11.1. The minimum absolute atomic E-state index is 0.00304. The van der Waals surface area contributed by atoms with Crippen LogP contribution in [0.3, 0.4) is 0 Å². The van der Waals surface area contributed by atoms with Crippen LogP contribution >= 0.6 is 0 Å². The van der Waals surface area contributed by atoms with Crippen LogP contribution in [-0.2, 0) is 0 Å². The molecule has 2 aromatic rings. The molecule has 3 heteroatoms. The van der Waals surface area contributed by atoms with Gasteiger partial charge in [0.25, 0.3) is 0 Å². The third-order valence-corrected chi connectivity index (χ3v) is 2.91. The fourth-order valence-electron chi connectivity index (χ4n) is 2.25. The van der Waals surface area contributed by atoms with E-state index in [0.29, 0.717) is 0 Å². The molecule has 2 rings (SSSR count). The molecule has 94 valence electrons. The lowest BCUT2D eigenvalue weighted by atomic mass is 10.0. The minimum Gasteiger partial charge on any atom is -0.496 e. The molecule has 1 N–H and O–H groups in total. The lowest BCUT2D eigenvalue weighted by molar-refractivity contribution is 0.415. The molecular formula is C15H17NO2. The van der Waals surface area contributed by atoms with Crippen molar-refractivity contribution in [1.82, 2.24) is 4.98 Å². The minimum atomic E-state index is 0.00304. The van der Waals surface area contributed by atoms with Crippen LogP contribution in [0.5, 0.6) is 5.75 Å². The van der Waals surface area contributed by atoms with E-state index in [2.05, 4.69) is 11.1 Å². The zero-order valence-electron chi connectivity index (χ0n) is 11.1. The molecule has 0 saturated carbocycles. The Hall–Kier alpha value is -2.03. The van der Waals surface area contributed by atoms with Crippen LogP contribution in [0.1, 0.15) is 16.8 Å². The van der Waals surface area contributed by atoms with Gasteiger partial charge in [0.05, 0.1) is 12.8 Å². The molecule has 0 aliphatic carbocycles. The van der Waals surface area contributed by atoms with Crippen molar-refractivity contribution in [2.24, 2.45) is 0 Å². The van der Waals surface area contributed by atoms with Crippen LogP contribution < -0.4 is 10.2 Å². The second-order valence-corrected chi connectivity index (χ2v) is 4.57. The summed E-state index contributed by atoms with van der Waals surface area (Å²) in [7, 11) is 1.64. The van der Waals surface area contributed by atoms with Crippen molar-refractivity contribution in [2.75, 3.05) is 7.11 Å². The number of benzene rings is 1. The smallest absolute Gasteiger partial charge is 0.182 e. The Morgan fingerprint density at radius 3 is 2.39 bits per heavy atom. The maximum absolute atomic E-state index is 11.6. The maximum Gasteiger partial charge on any atom is 0.182 e. The molecule has 0 atom stereocenters. The Kier molecular flexibility index (Phi) is 3.24. The Bertz CT molecular complexity index is 641. The SMILES string of the molecule is COc1cc(C)cc(C)c1-c1cc(=O)cc(C)[nH]1. The first-order valence-electron chi connectivity index (χ1n) is 5.88. The number of aryl methyl sites for hydroxylation is 3. The summed E-state index contributed by atoms with van der Waals surface area (Å²) in [6.07, 6.45) is 0. The molecule has 18 heavy (non-hydrogen) atoms. The van der Waals surface area contributed by atoms with Crippen LogP contribution in [0.2, 0.25) is 0 Å². The summed E-state index contributed by atoms with van der Waals surface area (Å²) in [6.45, 7) is 5.92. The molecule has 0 radical (unpaired) electrons. The first-order chi connectivity index (χ1) is 8.51. The van der Waals surface area contributed by atoms with Crippen LogP contribution in [0.25, 0.3) is 11.3 Å². The number of aromatic nitrogens is 1. The van der Waals surface area contributed by atoms with Crippen LogP contribution in [0.15, 0.2) is 29.1 Å². The van der Waals surface area contributed by atoms with Gasteiger partial charge in [-0.3, -0.25) is 4.79 Å². The van der Waals surface area contributed by atoms with Gasteiger partial charge in [0.2, 0.25) is 0 Å². The van der Waals surface area contributed by atoms with E-state index in [0.717, 1.165) is 33.8 Å². The molecular weight excluding hydrogens is 226 g/mol. The molecule has 1 aromatic carbocycles. The number of pyridine rings is 1. The van der Waals surface area contributed by atoms with Gasteiger partial charge in [-0.15, -0.1) is 0 Å². The number of hydrogen-bond acceptors (Lipinski definition) is 2. The summed E-state index contributed by atoms with van der Waals surface area (Å²) in [5, 5.41) is 0. The van der Waals surface area contributed by atoms with E-state index in [4.69, 9.17) is 4.74 Å². The number of aromatic amines is 1. The third kappa shape index (κ3) is 2.30. The monoisotopic (exact) mass is 243 g/mol. The summed E-state index contributed by atoms with van der Waals surface area (Å²) in [5.41, 5.74) is 4.83. The van der Waals surface area contributed by atoms with Crippen molar-refractivity contribution < 1.29 is 4.74 Å². The van der Waals surface area contributed by atoms with Gasteiger partial charge in [0.15, 0.2) is 5.43 Å². The van der Waals surface area contributed by atoms with Crippen LogP contribution in [-0.4, -0.2) is 12.1 Å². The van der Waals surface area contributed by atoms with E-state index in [1.807, 2.05) is 26.8 Å². The zero-order chi connectivity index (χ0) is 13.3. The van der Waals surface area contributed by atoms with Crippen molar-refractivity contribution in [3.05, 3.63) is 51.3 Å². The van der Waals surface area contributed by atoms with Gasteiger partial charge >= 0.3 is 0 Å². The largest absolute Gasteiger partial charge is 0.496 e. The van der Waals surface area contributed by atoms with Gasteiger partial charge in [0, 0.05) is 23.4 Å². The molecule has 1 heterocycles. The van der Waals surface area contributed by atoms with Crippen molar-refractivity contribution in [3.8, 4) is 17.0 Å². The van der Waals surface area contributed by atoms with Crippen LogP contribution in [0, 0.1) is 20.8 Å². The Labute approximate surface area is 106 Å².